The van der Waals surface area contributed by atoms with Crippen LogP contribution in [0.25, 0.3) is 0 Å². The number of hydrogen-bond acceptors (Lipinski definition) is 5. The van der Waals surface area contributed by atoms with E-state index >= 15 is 0 Å². The first-order valence-corrected chi connectivity index (χ1v) is 9.23. The molecule has 1 atom stereocenters. The molecule has 28 heavy (non-hydrogen) atoms. The summed E-state index contributed by atoms with van der Waals surface area (Å²) in [7, 11) is 0. The van der Waals surface area contributed by atoms with Crippen LogP contribution in [0.1, 0.15) is 40.7 Å². The summed E-state index contributed by atoms with van der Waals surface area (Å²) < 4.78 is 24.0. The Balaban J connectivity index is 1.44. The molecule has 3 aromatic rings. The molecular formula is C20H17ClFN3O3. The average Bonchev–Trinajstić information content (AvgIpc) is 3.36. The fourth-order valence-corrected chi connectivity index (χ4v) is 3.46. The van der Waals surface area contributed by atoms with Gasteiger partial charge in [0.05, 0.1) is 17.3 Å². The Morgan fingerprint density at radius 3 is 2.89 bits per heavy atom. The SMILES string of the molecule is O=C(c1cc(COc2cncc(Cl)c2)on1)N1CCC[C@@H]1c1ccc(F)cc1. The first-order valence-electron chi connectivity index (χ1n) is 8.85. The van der Waals surface area contributed by atoms with Crippen LogP contribution in [0.5, 0.6) is 5.75 Å². The summed E-state index contributed by atoms with van der Waals surface area (Å²) in [5, 5.41) is 4.35. The number of ether oxygens (including phenoxy) is 1. The van der Waals surface area contributed by atoms with Gasteiger partial charge in [0.15, 0.2) is 11.5 Å². The minimum Gasteiger partial charge on any atom is -0.484 e. The number of amides is 1. The molecule has 3 heterocycles. The summed E-state index contributed by atoms with van der Waals surface area (Å²) in [5.74, 6) is 0.399. The standard InChI is InChI=1S/C20H17ClFN3O3/c21-14-8-16(11-23-10-14)27-12-17-9-18(24-28-17)20(26)25-7-1-2-19(25)13-3-5-15(22)6-4-13/h3-6,8-11,19H,1-2,7,12H2/t19-/m1/s1. The molecule has 0 radical (unpaired) electrons. The molecule has 1 aliphatic rings. The van der Waals surface area contributed by atoms with Gasteiger partial charge in [-0.25, -0.2) is 4.39 Å². The van der Waals surface area contributed by atoms with E-state index in [0.29, 0.717) is 23.1 Å². The number of pyridine rings is 1. The zero-order chi connectivity index (χ0) is 19.5. The first-order chi connectivity index (χ1) is 13.6. The Morgan fingerprint density at radius 2 is 2.11 bits per heavy atom. The molecule has 1 fully saturated rings. The zero-order valence-electron chi connectivity index (χ0n) is 14.8. The number of nitrogens with zero attached hydrogens (tertiary/aromatic N) is 3. The topological polar surface area (TPSA) is 68.5 Å². The van der Waals surface area contributed by atoms with Gasteiger partial charge in [0, 0.05) is 24.9 Å². The lowest BCUT2D eigenvalue weighted by Crippen LogP contribution is -2.30. The van der Waals surface area contributed by atoms with E-state index in [1.54, 1.807) is 29.2 Å². The van der Waals surface area contributed by atoms with Crippen LogP contribution in [0.4, 0.5) is 4.39 Å². The van der Waals surface area contributed by atoms with Crippen LogP contribution in [0.15, 0.2) is 53.3 Å². The number of hydrogen-bond donors (Lipinski definition) is 0. The average molecular weight is 402 g/mol. The largest absolute Gasteiger partial charge is 0.484 e. The molecule has 1 aromatic carbocycles. The van der Waals surface area contributed by atoms with Crippen molar-refractivity contribution < 1.29 is 18.4 Å². The van der Waals surface area contributed by atoms with Crippen LogP contribution < -0.4 is 4.74 Å². The molecule has 0 aliphatic carbocycles. The molecular weight excluding hydrogens is 385 g/mol. The Morgan fingerprint density at radius 1 is 1.29 bits per heavy atom. The maximum atomic E-state index is 13.2. The van der Waals surface area contributed by atoms with Gasteiger partial charge in [-0.1, -0.05) is 28.9 Å². The quantitative estimate of drug-likeness (QED) is 0.633. The third kappa shape index (κ3) is 3.99. The fourth-order valence-electron chi connectivity index (χ4n) is 3.30. The second kappa shape index (κ2) is 7.98. The van der Waals surface area contributed by atoms with Gasteiger partial charge in [0.25, 0.3) is 5.91 Å². The summed E-state index contributed by atoms with van der Waals surface area (Å²) in [6.07, 6.45) is 4.75. The first kappa shape index (κ1) is 18.4. The Bertz CT molecular complexity index is 977. The van der Waals surface area contributed by atoms with Crippen molar-refractivity contribution in [3.05, 3.63) is 76.6 Å². The summed E-state index contributed by atoms with van der Waals surface area (Å²) in [5.41, 5.74) is 1.13. The number of halogens is 2. The van der Waals surface area contributed by atoms with Crippen molar-refractivity contribution in [2.75, 3.05) is 6.54 Å². The van der Waals surface area contributed by atoms with E-state index in [1.165, 1.54) is 24.5 Å². The van der Waals surface area contributed by atoms with Crippen molar-refractivity contribution in [3.8, 4) is 5.75 Å². The molecule has 0 N–H and O–H groups in total. The van der Waals surface area contributed by atoms with E-state index in [-0.39, 0.29) is 30.1 Å². The van der Waals surface area contributed by atoms with Crippen LogP contribution in [0, 0.1) is 5.82 Å². The van der Waals surface area contributed by atoms with Gasteiger partial charge in [-0.15, -0.1) is 0 Å². The molecule has 0 spiro atoms. The van der Waals surface area contributed by atoms with Gasteiger partial charge in [0.2, 0.25) is 0 Å². The highest BCUT2D eigenvalue weighted by Gasteiger charge is 2.32. The van der Waals surface area contributed by atoms with Crippen LogP contribution in [0.3, 0.4) is 0 Å². The predicted octanol–water partition coefficient (Wildman–Crippen LogP) is 4.42. The lowest BCUT2D eigenvalue weighted by Gasteiger charge is -2.24. The minimum atomic E-state index is -0.296. The molecule has 1 aliphatic heterocycles. The summed E-state index contributed by atoms with van der Waals surface area (Å²) in [4.78, 5) is 18.6. The normalized spacial score (nSPS) is 16.4. The molecule has 0 saturated carbocycles. The van der Waals surface area contributed by atoms with Crippen molar-refractivity contribution in [3.63, 3.8) is 0 Å². The van der Waals surface area contributed by atoms with Crippen LogP contribution in [0.2, 0.25) is 5.02 Å². The summed E-state index contributed by atoms with van der Waals surface area (Å²) >= 11 is 5.87. The number of carbonyl (C=O) groups is 1. The number of rotatable bonds is 5. The highest BCUT2D eigenvalue weighted by atomic mass is 35.5. The third-order valence-electron chi connectivity index (χ3n) is 4.61. The van der Waals surface area contributed by atoms with E-state index in [1.807, 2.05) is 0 Å². The zero-order valence-corrected chi connectivity index (χ0v) is 15.6. The third-order valence-corrected chi connectivity index (χ3v) is 4.81. The van der Waals surface area contributed by atoms with Gasteiger partial charge < -0.3 is 14.2 Å². The number of aromatic nitrogens is 2. The van der Waals surface area contributed by atoms with Crippen LogP contribution in [-0.4, -0.2) is 27.5 Å². The summed E-state index contributed by atoms with van der Waals surface area (Å²) in [6, 6.07) is 9.36. The maximum Gasteiger partial charge on any atom is 0.276 e. The monoisotopic (exact) mass is 401 g/mol. The Hall–Kier alpha value is -2.93. The second-order valence-electron chi connectivity index (χ2n) is 6.51. The smallest absolute Gasteiger partial charge is 0.276 e. The van der Waals surface area contributed by atoms with E-state index in [4.69, 9.17) is 20.9 Å². The molecule has 2 aromatic heterocycles. The predicted molar refractivity (Wildman–Crippen MR) is 99.5 cm³/mol. The molecule has 0 unspecified atom stereocenters. The molecule has 6 nitrogen and oxygen atoms in total. The van der Waals surface area contributed by atoms with Crippen molar-refractivity contribution in [2.24, 2.45) is 0 Å². The fraction of sp³-hybridized carbons (Fsp3) is 0.250. The lowest BCUT2D eigenvalue weighted by atomic mass is 10.0. The maximum absolute atomic E-state index is 13.2. The molecule has 8 heteroatoms. The molecule has 144 valence electrons. The van der Waals surface area contributed by atoms with Crippen LogP contribution >= 0.6 is 11.6 Å². The van der Waals surface area contributed by atoms with E-state index in [9.17, 15) is 9.18 Å². The van der Waals surface area contributed by atoms with Gasteiger partial charge in [-0.05, 0) is 30.5 Å². The van der Waals surface area contributed by atoms with E-state index < -0.39 is 0 Å². The van der Waals surface area contributed by atoms with Crippen molar-refractivity contribution in [1.82, 2.24) is 15.0 Å². The van der Waals surface area contributed by atoms with Gasteiger partial charge in [-0.3, -0.25) is 9.78 Å². The van der Waals surface area contributed by atoms with Gasteiger partial charge in [0.1, 0.15) is 18.2 Å². The Labute approximate surface area is 165 Å². The molecule has 1 amide bonds. The second-order valence-corrected chi connectivity index (χ2v) is 6.95. The summed E-state index contributed by atoms with van der Waals surface area (Å²) in [6.45, 7) is 0.720. The highest BCUT2D eigenvalue weighted by Crippen LogP contribution is 2.33. The van der Waals surface area contributed by atoms with Gasteiger partial charge >= 0.3 is 0 Å². The van der Waals surface area contributed by atoms with E-state index in [2.05, 4.69) is 10.1 Å². The lowest BCUT2D eigenvalue weighted by molar-refractivity contribution is 0.0725. The molecule has 1 saturated heterocycles. The van der Waals surface area contributed by atoms with E-state index in [0.717, 1.165) is 18.4 Å². The molecule has 0 bridgehead atoms. The number of carbonyl (C=O) groups excluding carboxylic acids is 1. The van der Waals surface area contributed by atoms with Crippen molar-refractivity contribution in [1.29, 1.82) is 0 Å². The van der Waals surface area contributed by atoms with Crippen molar-refractivity contribution >= 4 is 17.5 Å². The minimum absolute atomic E-state index is 0.0953. The van der Waals surface area contributed by atoms with Gasteiger partial charge in [-0.2, -0.15) is 0 Å². The van der Waals surface area contributed by atoms with Crippen LogP contribution in [-0.2, 0) is 6.61 Å². The number of benzene rings is 1. The Kier molecular flexibility index (Phi) is 5.25. The number of likely N-dealkylation sites (tertiary alicyclic amines) is 1. The molecule has 4 rings (SSSR count). The highest BCUT2D eigenvalue weighted by molar-refractivity contribution is 6.30. The van der Waals surface area contributed by atoms with Crippen molar-refractivity contribution in [2.45, 2.75) is 25.5 Å².